The Labute approximate surface area is 169 Å². The summed E-state index contributed by atoms with van der Waals surface area (Å²) in [5.74, 6) is 0.841. The highest BCUT2D eigenvalue weighted by atomic mass is 16.6. The lowest BCUT2D eigenvalue weighted by molar-refractivity contribution is -0.384. The zero-order valence-corrected chi connectivity index (χ0v) is 16.8. The number of hydrogen-bond donors (Lipinski definition) is 2. The fraction of sp³-hybridized carbons (Fsp3) is 0.286. The Morgan fingerprint density at radius 3 is 2.62 bits per heavy atom. The average Bonchev–Trinajstić information content (AvgIpc) is 3.09. The first-order valence-corrected chi connectivity index (χ1v) is 9.51. The van der Waals surface area contributed by atoms with E-state index in [4.69, 9.17) is 0 Å². The van der Waals surface area contributed by atoms with Gasteiger partial charge in [0.25, 0.3) is 5.69 Å². The molecule has 0 aliphatic heterocycles. The van der Waals surface area contributed by atoms with Crippen molar-refractivity contribution in [2.24, 2.45) is 7.05 Å². The first kappa shape index (κ1) is 20.2. The molecule has 0 unspecified atom stereocenters. The van der Waals surface area contributed by atoms with Gasteiger partial charge in [0.2, 0.25) is 5.95 Å². The van der Waals surface area contributed by atoms with Crippen LogP contribution in [0.1, 0.15) is 19.4 Å². The molecule has 0 radical (unpaired) electrons. The maximum absolute atomic E-state index is 11.0. The third-order valence-corrected chi connectivity index (χ3v) is 4.98. The van der Waals surface area contributed by atoms with E-state index in [1.54, 1.807) is 18.3 Å². The number of aromatic nitrogens is 2. The van der Waals surface area contributed by atoms with E-state index in [1.165, 1.54) is 12.1 Å². The second-order valence-electron chi connectivity index (χ2n) is 6.67. The number of imidazole rings is 1. The number of nitro benzene ring substituents is 1. The fourth-order valence-corrected chi connectivity index (χ4v) is 3.28. The van der Waals surface area contributed by atoms with E-state index in [9.17, 15) is 15.2 Å². The molecule has 0 bridgehead atoms. The minimum Gasteiger partial charge on any atom is -0.508 e. The van der Waals surface area contributed by atoms with E-state index in [0.29, 0.717) is 18.1 Å². The molecule has 8 heteroatoms. The number of phenols is 1. The van der Waals surface area contributed by atoms with E-state index in [2.05, 4.69) is 29.0 Å². The first-order chi connectivity index (χ1) is 13.9. The molecule has 0 aliphatic carbocycles. The van der Waals surface area contributed by atoms with Crippen molar-refractivity contribution in [1.82, 2.24) is 9.55 Å². The van der Waals surface area contributed by atoms with Gasteiger partial charge in [-0.05, 0) is 19.9 Å². The molecule has 0 fully saturated rings. The second kappa shape index (κ2) is 8.64. The SMILES string of the molecule is CCN(CC)c1ccc(CNc2ncc(-c3cccc([N+](=O)[O-])c3)n2C)c(O)c1. The van der Waals surface area contributed by atoms with Gasteiger partial charge in [0.15, 0.2) is 0 Å². The summed E-state index contributed by atoms with van der Waals surface area (Å²) < 4.78 is 1.83. The monoisotopic (exact) mass is 395 g/mol. The van der Waals surface area contributed by atoms with Gasteiger partial charge in [-0.1, -0.05) is 18.2 Å². The quantitative estimate of drug-likeness (QED) is 0.439. The predicted octanol–water partition coefficient (Wildman–Crippen LogP) is 4.16. The van der Waals surface area contributed by atoms with Gasteiger partial charge in [0.05, 0.1) is 16.8 Å². The van der Waals surface area contributed by atoms with Crippen LogP contribution in [0.2, 0.25) is 0 Å². The number of hydrogen-bond acceptors (Lipinski definition) is 6. The Balaban J connectivity index is 1.76. The molecule has 29 heavy (non-hydrogen) atoms. The number of nitro groups is 1. The van der Waals surface area contributed by atoms with Crippen LogP contribution in [0.5, 0.6) is 5.75 Å². The first-order valence-electron chi connectivity index (χ1n) is 9.51. The van der Waals surface area contributed by atoms with Crippen molar-refractivity contribution >= 4 is 17.3 Å². The third-order valence-electron chi connectivity index (χ3n) is 4.98. The van der Waals surface area contributed by atoms with Crippen LogP contribution in [0, 0.1) is 10.1 Å². The molecule has 1 heterocycles. The number of aromatic hydroxyl groups is 1. The maximum Gasteiger partial charge on any atom is 0.270 e. The minimum absolute atomic E-state index is 0.0384. The van der Waals surface area contributed by atoms with Gasteiger partial charge in [0.1, 0.15) is 5.75 Å². The van der Waals surface area contributed by atoms with Gasteiger partial charge >= 0.3 is 0 Å². The highest BCUT2D eigenvalue weighted by molar-refractivity contribution is 5.64. The zero-order chi connectivity index (χ0) is 21.0. The van der Waals surface area contributed by atoms with Crippen molar-refractivity contribution in [2.45, 2.75) is 20.4 Å². The third kappa shape index (κ3) is 4.31. The smallest absolute Gasteiger partial charge is 0.270 e. The maximum atomic E-state index is 11.0. The minimum atomic E-state index is -0.413. The molecule has 2 aromatic carbocycles. The van der Waals surface area contributed by atoms with Gasteiger partial charge in [-0.3, -0.25) is 10.1 Å². The molecule has 152 valence electrons. The van der Waals surface area contributed by atoms with Gasteiger partial charge in [-0.25, -0.2) is 4.98 Å². The van der Waals surface area contributed by atoms with Crippen molar-refractivity contribution in [1.29, 1.82) is 0 Å². The Kier molecular flexibility index (Phi) is 6.01. The lowest BCUT2D eigenvalue weighted by Gasteiger charge is -2.21. The molecule has 0 saturated heterocycles. The molecule has 2 N–H and O–H groups in total. The number of nitrogens with zero attached hydrogens (tertiary/aromatic N) is 4. The van der Waals surface area contributed by atoms with Gasteiger partial charge in [-0.2, -0.15) is 0 Å². The van der Waals surface area contributed by atoms with E-state index in [1.807, 2.05) is 29.8 Å². The van der Waals surface area contributed by atoms with E-state index >= 15 is 0 Å². The lowest BCUT2D eigenvalue weighted by Crippen LogP contribution is -2.21. The Morgan fingerprint density at radius 1 is 1.21 bits per heavy atom. The van der Waals surface area contributed by atoms with Crippen molar-refractivity contribution in [3.05, 3.63) is 64.3 Å². The molecule has 0 atom stereocenters. The van der Waals surface area contributed by atoms with Crippen LogP contribution in [0.4, 0.5) is 17.3 Å². The molecule has 0 aliphatic rings. The van der Waals surface area contributed by atoms with Crippen LogP contribution in [-0.4, -0.2) is 32.7 Å². The number of anilines is 2. The normalized spacial score (nSPS) is 10.7. The summed E-state index contributed by atoms with van der Waals surface area (Å²) in [6, 6.07) is 12.1. The Morgan fingerprint density at radius 2 is 1.97 bits per heavy atom. The van der Waals surface area contributed by atoms with Gasteiger partial charge in [-0.15, -0.1) is 0 Å². The second-order valence-corrected chi connectivity index (χ2v) is 6.67. The Hall–Kier alpha value is -3.55. The number of benzene rings is 2. The molecule has 3 aromatic rings. The number of non-ortho nitro benzene ring substituents is 1. The number of phenolic OH excluding ortho intramolecular Hbond substituents is 1. The van der Waals surface area contributed by atoms with E-state index in [0.717, 1.165) is 30.0 Å². The van der Waals surface area contributed by atoms with Gasteiger partial charge in [0, 0.05) is 61.7 Å². The van der Waals surface area contributed by atoms with Crippen molar-refractivity contribution in [3.63, 3.8) is 0 Å². The topological polar surface area (TPSA) is 96.5 Å². The highest BCUT2D eigenvalue weighted by Crippen LogP contribution is 2.27. The van der Waals surface area contributed by atoms with Crippen LogP contribution in [0.3, 0.4) is 0 Å². The molecule has 1 aromatic heterocycles. The van der Waals surface area contributed by atoms with Crippen LogP contribution in [0.15, 0.2) is 48.7 Å². The number of nitrogens with one attached hydrogen (secondary N) is 1. The summed E-state index contributed by atoms with van der Waals surface area (Å²) in [6.07, 6.45) is 1.67. The summed E-state index contributed by atoms with van der Waals surface area (Å²) in [5, 5.41) is 24.6. The van der Waals surface area contributed by atoms with Crippen LogP contribution in [0.25, 0.3) is 11.3 Å². The molecule has 0 saturated carbocycles. The summed E-state index contributed by atoms with van der Waals surface area (Å²) in [5.41, 5.74) is 3.27. The zero-order valence-electron chi connectivity index (χ0n) is 16.8. The summed E-state index contributed by atoms with van der Waals surface area (Å²) in [7, 11) is 1.84. The van der Waals surface area contributed by atoms with Crippen molar-refractivity contribution in [3.8, 4) is 17.0 Å². The highest BCUT2D eigenvalue weighted by Gasteiger charge is 2.13. The molecule has 0 amide bonds. The van der Waals surface area contributed by atoms with Crippen LogP contribution >= 0.6 is 0 Å². The van der Waals surface area contributed by atoms with E-state index in [-0.39, 0.29) is 11.4 Å². The van der Waals surface area contributed by atoms with Crippen LogP contribution in [-0.2, 0) is 13.6 Å². The largest absolute Gasteiger partial charge is 0.508 e. The standard InChI is InChI=1S/C21H25N5O3/c1-4-25(5-2)17-10-9-16(20(27)12-17)13-22-21-23-14-19(24(21)3)15-7-6-8-18(11-15)26(28)29/h6-12,14,27H,4-5,13H2,1-3H3,(H,22,23). The summed E-state index contributed by atoms with van der Waals surface area (Å²) >= 11 is 0. The lowest BCUT2D eigenvalue weighted by atomic mass is 10.1. The Bertz CT molecular complexity index is 1010. The molecule has 8 nitrogen and oxygen atoms in total. The van der Waals surface area contributed by atoms with Gasteiger partial charge < -0.3 is 19.9 Å². The van der Waals surface area contributed by atoms with Crippen molar-refractivity contribution in [2.75, 3.05) is 23.3 Å². The fourth-order valence-electron chi connectivity index (χ4n) is 3.28. The predicted molar refractivity (Wildman–Crippen MR) is 114 cm³/mol. The van der Waals surface area contributed by atoms with Crippen molar-refractivity contribution < 1.29 is 10.0 Å². The summed E-state index contributed by atoms with van der Waals surface area (Å²) in [4.78, 5) is 17.1. The number of rotatable bonds is 8. The molecule has 0 spiro atoms. The molecular weight excluding hydrogens is 370 g/mol. The van der Waals surface area contributed by atoms with Crippen LogP contribution < -0.4 is 10.2 Å². The van der Waals surface area contributed by atoms with E-state index < -0.39 is 4.92 Å². The average molecular weight is 395 g/mol. The summed E-state index contributed by atoms with van der Waals surface area (Å²) in [6.45, 7) is 6.32. The molecular formula is C21H25N5O3. The molecule has 3 rings (SSSR count).